The first-order valence-electron chi connectivity index (χ1n) is 8.01. The molecule has 0 spiro atoms. The number of rotatable bonds is 3. The standard InChI is InChI=1S/C17H20N6/c18-17-19-7-6-15(21-17)13-5-2-8-23(10-13)11-14-4-1-3-12-9-20-22-16(12)14/h1,3-4,6-7,9,13H,2,5,8,10-11H2,(H,20,22)(H2,18,19,21). The smallest absolute Gasteiger partial charge is 0.220 e. The minimum Gasteiger partial charge on any atom is -0.368 e. The van der Waals surface area contributed by atoms with Gasteiger partial charge in [0.05, 0.1) is 17.4 Å². The molecule has 6 heteroatoms. The number of aromatic amines is 1. The number of benzene rings is 1. The van der Waals surface area contributed by atoms with Crippen LogP contribution in [0.15, 0.2) is 36.7 Å². The maximum absolute atomic E-state index is 5.73. The highest BCUT2D eigenvalue weighted by Gasteiger charge is 2.23. The van der Waals surface area contributed by atoms with Crippen LogP contribution < -0.4 is 5.73 Å². The quantitative estimate of drug-likeness (QED) is 0.775. The largest absolute Gasteiger partial charge is 0.368 e. The van der Waals surface area contributed by atoms with Gasteiger partial charge in [-0.05, 0) is 31.0 Å². The first-order valence-corrected chi connectivity index (χ1v) is 8.01. The molecule has 1 fully saturated rings. The highest BCUT2D eigenvalue weighted by atomic mass is 15.1. The molecular formula is C17H20N6. The summed E-state index contributed by atoms with van der Waals surface area (Å²) < 4.78 is 0. The number of piperidine rings is 1. The predicted octanol–water partition coefficient (Wildman–Crippen LogP) is 2.31. The van der Waals surface area contributed by atoms with Crippen molar-refractivity contribution in [2.45, 2.75) is 25.3 Å². The normalized spacial score (nSPS) is 19.2. The monoisotopic (exact) mass is 308 g/mol. The van der Waals surface area contributed by atoms with Gasteiger partial charge < -0.3 is 5.73 Å². The fourth-order valence-electron chi connectivity index (χ4n) is 3.46. The molecule has 0 saturated carbocycles. The molecule has 3 aromatic rings. The second-order valence-corrected chi connectivity index (χ2v) is 6.17. The molecule has 1 atom stereocenters. The van der Waals surface area contributed by atoms with Crippen molar-refractivity contribution in [1.29, 1.82) is 0 Å². The number of aromatic nitrogens is 4. The van der Waals surface area contributed by atoms with Crippen molar-refractivity contribution >= 4 is 16.9 Å². The molecule has 1 aliphatic rings. The minimum atomic E-state index is 0.363. The summed E-state index contributed by atoms with van der Waals surface area (Å²) >= 11 is 0. The van der Waals surface area contributed by atoms with Crippen molar-refractivity contribution in [2.75, 3.05) is 18.8 Å². The van der Waals surface area contributed by atoms with Gasteiger partial charge >= 0.3 is 0 Å². The van der Waals surface area contributed by atoms with Gasteiger partial charge in [0.2, 0.25) is 5.95 Å². The molecule has 1 aromatic carbocycles. The van der Waals surface area contributed by atoms with E-state index < -0.39 is 0 Å². The van der Waals surface area contributed by atoms with E-state index in [0.29, 0.717) is 11.9 Å². The number of fused-ring (bicyclic) bond motifs is 1. The Labute approximate surface area is 134 Å². The number of hydrogen-bond donors (Lipinski definition) is 2. The number of H-pyrrole nitrogens is 1. The highest BCUT2D eigenvalue weighted by molar-refractivity contribution is 5.81. The van der Waals surface area contributed by atoms with Crippen LogP contribution in [0.25, 0.3) is 10.9 Å². The molecule has 3 heterocycles. The molecule has 0 aliphatic carbocycles. The molecule has 4 rings (SSSR count). The number of nitrogens with two attached hydrogens (primary N) is 1. The van der Waals surface area contributed by atoms with Crippen LogP contribution in [-0.2, 0) is 6.54 Å². The van der Waals surface area contributed by atoms with Gasteiger partial charge in [0, 0.05) is 30.6 Å². The summed E-state index contributed by atoms with van der Waals surface area (Å²) in [7, 11) is 0. The number of nitrogens with one attached hydrogen (secondary N) is 1. The first kappa shape index (κ1) is 14.1. The van der Waals surface area contributed by atoms with Crippen LogP contribution >= 0.6 is 0 Å². The zero-order valence-electron chi connectivity index (χ0n) is 12.9. The van der Waals surface area contributed by atoms with Crippen LogP contribution in [0.4, 0.5) is 5.95 Å². The Balaban J connectivity index is 1.52. The summed E-state index contributed by atoms with van der Waals surface area (Å²) in [6.45, 7) is 3.04. The van der Waals surface area contributed by atoms with Crippen LogP contribution in [0.2, 0.25) is 0 Å². The Kier molecular flexibility index (Phi) is 3.67. The maximum Gasteiger partial charge on any atom is 0.220 e. The predicted molar refractivity (Wildman–Crippen MR) is 89.8 cm³/mol. The van der Waals surface area contributed by atoms with Crippen molar-refractivity contribution in [3.63, 3.8) is 0 Å². The van der Waals surface area contributed by atoms with E-state index in [0.717, 1.165) is 37.3 Å². The van der Waals surface area contributed by atoms with Crippen molar-refractivity contribution in [3.05, 3.63) is 47.9 Å². The number of anilines is 1. The number of nitrogens with zero attached hydrogens (tertiary/aromatic N) is 4. The molecule has 6 nitrogen and oxygen atoms in total. The van der Waals surface area contributed by atoms with E-state index in [1.165, 1.54) is 17.4 Å². The summed E-state index contributed by atoms with van der Waals surface area (Å²) in [5.41, 5.74) is 9.22. The third kappa shape index (κ3) is 2.90. The Hall–Kier alpha value is -2.47. The van der Waals surface area contributed by atoms with E-state index in [1.807, 2.05) is 12.3 Å². The molecule has 3 N–H and O–H groups in total. The van der Waals surface area contributed by atoms with Crippen molar-refractivity contribution in [2.24, 2.45) is 0 Å². The van der Waals surface area contributed by atoms with Crippen LogP contribution in [-0.4, -0.2) is 38.2 Å². The molecule has 118 valence electrons. The lowest BCUT2D eigenvalue weighted by Crippen LogP contribution is -2.34. The summed E-state index contributed by atoms with van der Waals surface area (Å²) in [4.78, 5) is 10.9. The second kappa shape index (κ2) is 5.96. The van der Waals surface area contributed by atoms with E-state index in [4.69, 9.17) is 5.73 Å². The van der Waals surface area contributed by atoms with E-state index in [-0.39, 0.29) is 0 Å². The van der Waals surface area contributed by atoms with Gasteiger partial charge in [0.25, 0.3) is 0 Å². The zero-order chi connectivity index (χ0) is 15.6. The number of nitrogen functional groups attached to an aromatic ring is 1. The van der Waals surface area contributed by atoms with E-state index in [1.54, 1.807) is 6.20 Å². The fraction of sp³-hybridized carbons (Fsp3) is 0.353. The van der Waals surface area contributed by atoms with Crippen LogP contribution in [0.3, 0.4) is 0 Å². The van der Waals surface area contributed by atoms with Gasteiger partial charge in [0.1, 0.15) is 0 Å². The number of para-hydroxylation sites is 1. The van der Waals surface area contributed by atoms with Crippen LogP contribution in [0.1, 0.15) is 30.0 Å². The molecule has 1 unspecified atom stereocenters. The summed E-state index contributed by atoms with van der Waals surface area (Å²) in [6.07, 6.45) is 5.96. The molecule has 0 amide bonds. The first-order chi connectivity index (χ1) is 11.3. The minimum absolute atomic E-state index is 0.363. The lowest BCUT2D eigenvalue weighted by atomic mass is 9.94. The molecule has 1 saturated heterocycles. The third-order valence-electron chi connectivity index (χ3n) is 4.58. The summed E-state index contributed by atoms with van der Waals surface area (Å²) in [6, 6.07) is 8.34. The molecule has 0 radical (unpaired) electrons. The average molecular weight is 308 g/mol. The van der Waals surface area contributed by atoms with E-state index in [9.17, 15) is 0 Å². The number of hydrogen-bond acceptors (Lipinski definition) is 5. The van der Waals surface area contributed by atoms with Crippen molar-refractivity contribution in [3.8, 4) is 0 Å². The van der Waals surface area contributed by atoms with Gasteiger partial charge in [-0.25, -0.2) is 9.97 Å². The summed E-state index contributed by atoms with van der Waals surface area (Å²) in [5, 5.41) is 8.43. The molecular weight excluding hydrogens is 288 g/mol. The van der Waals surface area contributed by atoms with Gasteiger partial charge in [-0.1, -0.05) is 18.2 Å². The topological polar surface area (TPSA) is 83.7 Å². The number of likely N-dealkylation sites (tertiary alicyclic amines) is 1. The lowest BCUT2D eigenvalue weighted by molar-refractivity contribution is 0.199. The van der Waals surface area contributed by atoms with E-state index >= 15 is 0 Å². The van der Waals surface area contributed by atoms with Gasteiger partial charge in [-0.3, -0.25) is 10.00 Å². The average Bonchev–Trinajstić information content (AvgIpc) is 3.05. The van der Waals surface area contributed by atoms with E-state index in [2.05, 4.69) is 43.3 Å². The molecule has 23 heavy (non-hydrogen) atoms. The Bertz CT molecular complexity index is 811. The molecule has 2 aromatic heterocycles. The second-order valence-electron chi connectivity index (χ2n) is 6.17. The van der Waals surface area contributed by atoms with Crippen LogP contribution in [0.5, 0.6) is 0 Å². The third-order valence-corrected chi connectivity index (χ3v) is 4.58. The SMILES string of the molecule is Nc1nccc(C2CCCN(Cc3cccc4cn[nH]c34)C2)n1. The Morgan fingerprint density at radius 3 is 3.17 bits per heavy atom. The zero-order valence-corrected chi connectivity index (χ0v) is 12.9. The van der Waals surface area contributed by atoms with Crippen molar-refractivity contribution < 1.29 is 0 Å². The molecule has 1 aliphatic heterocycles. The van der Waals surface area contributed by atoms with Crippen molar-refractivity contribution in [1.82, 2.24) is 25.1 Å². The van der Waals surface area contributed by atoms with Gasteiger partial charge in [0.15, 0.2) is 0 Å². The molecule has 0 bridgehead atoms. The highest BCUT2D eigenvalue weighted by Crippen LogP contribution is 2.27. The van der Waals surface area contributed by atoms with Gasteiger partial charge in [-0.15, -0.1) is 0 Å². The fourth-order valence-corrected chi connectivity index (χ4v) is 3.46. The maximum atomic E-state index is 5.73. The summed E-state index contributed by atoms with van der Waals surface area (Å²) in [5.74, 6) is 0.789. The Morgan fingerprint density at radius 2 is 2.26 bits per heavy atom. The van der Waals surface area contributed by atoms with Crippen LogP contribution in [0, 0.1) is 0 Å². The Morgan fingerprint density at radius 1 is 1.30 bits per heavy atom. The lowest BCUT2D eigenvalue weighted by Gasteiger charge is -2.32. The van der Waals surface area contributed by atoms with Gasteiger partial charge in [-0.2, -0.15) is 5.10 Å².